The lowest BCUT2D eigenvalue weighted by Gasteiger charge is -2.19. The van der Waals surface area contributed by atoms with Gasteiger partial charge in [0.15, 0.2) is 5.78 Å². The summed E-state index contributed by atoms with van der Waals surface area (Å²) in [6.07, 6.45) is 0.970. The van der Waals surface area contributed by atoms with Gasteiger partial charge in [-0.2, -0.15) is 0 Å². The molecule has 0 N–H and O–H groups in total. The van der Waals surface area contributed by atoms with Gasteiger partial charge >= 0.3 is 6.09 Å². The highest BCUT2D eigenvalue weighted by Crippen LogP contribution is 2.32. The SMILES string of the molecule is COC(=O)N(C)c1cc(Cl)ccc1C(=O)CC(=O)C1CC1. The maximum atomic E-state index is 12.3. The van der Waals surface area contributed by atoms with Crippen LogP contribution in [0.3, 0.4) is 0 Å². The summed E-state index contributed by atoms with van der Waals surface area (Å²) in [4.78, 5) is 36.9. The van der Waals surface area contributed by atoms with Crippen LogP contribution in [0, 0.1) is 5.92 Å². The Kier molecular flexibility index (Phi) is 4.63. The van der Waals surface area contributed by atoms with Crippen molar-refractivity contribution in [2.75, 3.05) is 19.1 Å². The first kappa shape index (κ1) is 15.5. The molecule has 0 radical (unpaired) electrons. The molecule has 1 amide bonds. The van der Waals surface area contributed by atoms with Crippen molar-refractivity contribution in [2.45, 2.75) is 19.3 Å². The average Bonchev–Trinajstić information content (AvgIpc) is 3.29. The molecule has 1 aliphatic carbocycles. The quantitative estimate of drug-likeness (QED) is 0.619. The molecule has 112 valence electrons. The van der Waals surface area contributed by atoms with Gasteiger partial charge in [-0.25, -0.2) is 4.79 Å². The summed E-state index contributed by atoms with van der Waals surface area (Å²) in [6.45, 7) is 0. The highest BCUT2D eigenvalue weighted by molar-refractivity contribution is 6.31. The van der Waals surface area contributed by atoms with E-state index >= 15 is 0 Å². The number of ether oxygens (including phenoxy) is 1. The Labute approximate surface area is 127 Å². The van der Waals surface area contributed by atoms with E-state index in [9.17, 15) is 14.4 Å². The molecular formula is C15H16ClNO4. The Hall–Kier alpha value is -1.88. The van der Waals surface area contributed by atoms with Crippen LogP contribution in [0.15, 0.2) is 18.2 Å². The maximum absolute atomic E-state index is 12.3. The standard InChI is InChI=1S/C15H16ClNO4/c1-17(15(20)21-2)12-7-10(16)5-6-11(12)14(19)8-13(18)9-3-4-9/h5-7,9H,3-4,8H2,1-2H3. The molecule has 0 atom stereocenters. The van der Waals surface area contributed by atoms with E-state index < -0.39 is 6.09 Å². The van der Waals surface area contributed by atoms with Crippen molar-refractivity contribution in [1.29, 1.82) is 0 Å². The summed E-state index contributed by atoms with van der Waals surface area (Å²) >= 11 is 5.92. The van der Waals surface area contributed by atoms with Crippen molar-refractivity contribution in [2.24, 2.45) is 5.92 Å². The fraction of sp³-hybridized carbons (Fsp3) is 0.400. The largest absolute Gasteiger partial charge is 0.452 e. The second-order valence-corrected chi connectivity index (χ2v) is 5.47. The van der Waals surface area contributed by atoms with Crippen molar-refractivity contribution >= 4 is 34.9 Å². The van der Waals surface area contributed by atoms with Crippen LogP contribution in [0.25, 0.3) is 0 Å². The molecule has 1 aromatic rings. The predicted octanol–water partition coefficient (Wildman–Crippen LogP) is 3.09. The molecule has 1 saturated carbocycles. The molecule has 0 spiro atoms. The zero-order valence-corrected chi connectivity index (χ0v) is 12.6. The highest BCUT2D eigenvalue weighted by atomic mass is 35.5. The number of hydrogen-bond acceptors (Lipinski definition) is 4. The van der Waals surface area contributed by atoms with Crippen molar-refractivity contribution in [1.82, 2.24) is 0 Å². The first-order valence-electron chi connectivity index (χ1n) is 6.61. The van der Waals surface area contributed by atoms with Crippen LogP contribution in [0.1, 0.15) is 29.6 Å². The highest BCUT2D eigenvalue weighted by Gasteiger charge is 2.31. The summed E-state index contributed by atoms with van der Waals surface area (Å²) < 4.78 is 4.64. The number of Topliss-reactive ketones (excluding diaryl/α,β-unsaturated/α-hetero) is 2. The van der Waals surface area contributed by atoms with E-state index in [0.717, 1.165) is 12.8 Å². The van der Waals surface area contributed by atoms with Gasteiger partial charge in [0.2, 0.25) is 0 Å². The second-order valence-electron chi connectivity index (χ2n) is 5.03. The number of methoxy groups -OCH3 is 1. The molecule has 0 bridgehead atoms. The summed E-state index contributed by atoms with van der Waals surface area (Å²) in [5.41, 5.74) is 0.629. The van der Waals surface area contributed by atoms with Crippen LogP contribution in [-0.4, -0.2) is 31.8 Å². The molecule has 0 aliphatic heterocycles. The van der Waals surface area contributed by atoms with Gasteiger partial charge in [0, 0.05) is 23.6 Å². The van der Waals surface area contributed by atoms with E-state index in [0.29, 0.717) is 16.3 Å². The molecule has 1 aliphatic rings. The minimum Gasteiger partial charge on any atom is -0.452 e. The molecular weight excluding hydrogens is 294 g/mol. The van der Waals surface area contributed by atoms with Gasteiger partial charge in [0.1, 0.15) is 5.78 Å². The van der Waals surface area contributed by atoms with E-state index in [1.807, 2.05) is 0 Å². The third-order valence-electron chi connectivity index (χ3n) is 3.44. The molecule has 0 heterocycles. The Balaban J connectivity index is 2.27. The lowest BCUT2D eigenvalue weighted by atomic mass is 10.0. The maximum Gasteiger partial charge on any atom is 0.413 e. The lowest BCUT2D eigenvalue weighted by Crippen LogP contribution is -2.28. The van der Waals surface area contributed by atoms with Crippen molar-refractivity contribution in [3.8, 4) is 0 Å². The van der Waals surface area contributed by atoms with Crippen LogP contribution < -0.4 is 4.90 Å². The lowest BCUT2D eigenvalue weighted by molar-refractivity contribution is -0.119. The number of amides is 1. The third kappa shape index (κ3) is 3.61. The van der Waals surface area contributed by atoms with Crippen LogP contribution in [-0.2, 0) is 9.53 Å². The molecule has 0 saturated heterocycles. The number of ketones is 2. The van der Waals surface area contributed by atoms with Crippen molar-refractivity contribution in [3.63, 3.8) is 0 Å². The van der Waals surface area contributed by atoms with Gasteiger partial charge in [0.05, 0.1) is 19.2 Å². The van der Waals surface area contributed by atoms with E-state index in [-0.39, 0.29) is 23.9 Å². The number of rotatable bonds is 5. The molecule has 0 aromatic heterocycles. The van der Waals surface area contributed by atoms with Crippen LogP contribution in [0.5, 0.6) is 0 Å². The summed E-state index contributed by atoms with van der Waals surface area (Å²) in [5, 5.41) is 0.394. The van der Waals surface area contributed by atoms with E-state index in [1.165, 1.54) is 31.2 Å². The number of nitrogens with zero attached hydrogens (tertiary/aromatic N) is 1. The summed E-state index contributed by atoms with van der Waals surface area (Å²) in [5.74, 6) is -0.320. The zero-order valence-electron chi connectivity index (χ0n) is 11.9. The molecule has 1 aromatic carbocycles. The minimum atomic E-state index is -0.611. The van der Waals surface area contributed by atoms with Crippen LogP contribution >= 0.6 is 11.6 Å². The van der Waals surface area contributed by atoms with Gasteiger partial charge in [-0.05, 0) is 31.0 Å². The molecule has 1 fully saturated rings. The Bertz CT molecular complexity index is 595. The number of halogens is 1. The average molecular weight is 310 g/mol. The Morgan fingerprint density at radius 1 is 1.33 bits per heavy atom. The number of carbonyl (C=O) groups excluding carboxylic acids is 3. The van der Waals surface area contributed by atoms with Crippen LogP contribution in [0.4, 0.5) is 10.5 Å². The third-order valence-corrected chi connectivity index (χ3v) is 3.67. The van der Waals surface area contributed by atoms with Crippen LogP contribution in [0.2, 0.25) is 5.02 Å². The first-order chi connectivity index (χ1) is 9.93. The monoisotopic (exact) mass is 309 g/mol. The normalized spacial score (nSPS) is 13.7. The van der Waals surface area contributed by atoms with E-state index in [1.54, 1.807) is 6.07 Å². The van der Waals surface area contributed by atoms with Gasteiger partial charge in [0.25, 0.3) is 0 Å². The number of carbonyl (C=O) groups is 3. The molecule has 5 nitrogen and oxygen atoms in total. The number of benzene rings is 1. The van der Waals surface area contributed by atoms with Gasteiger partial charge < -0.3 is 4.74 Å². The molecule has 0 unspecified atom stereocenters. The van der Waals surface area contributed by atoms with Gasteiger partial charge in [-0.15, -0.1) is 0 Å². The van der Waals surface area contributed by atoms with Gasteiger partial charge in [-0.1, -0.05) is 11.6 Å². The predicted molar refractivity (Wildman–Crippen MR) is 78.9 cm³/mol. The second kappa shape index (κ2) is 6.26. The van der Waals surface area contributed by atoms with Crippen molar-refractivity contribution < 1.29 is 19.1 Å². The molecule has 6 heteroatoms. The van der Waals surface area contributed by atoms with E-state index in [2.05, 4.69) is 4.74 Å². The molecule has 2 rings (SSSR count). The minimum absolute atomic E-state index is 0.0306. The summed E-state index contributed by atoms with van der Waals surface area (Å²) in [6, 6.07) is 4.60. The Morgan fingerprint density at radius 2 is 2.00 bits per heavy atom. The fourth-order valence-electron chi connectivity index (χ4n) is 2.06. The zero-order chi connectivity index (χ0) is 15.6. The topological polar surface area (TPSA) is 63.7 Å². The van der Waals surface area contributed by atoms with E-state index in [4.69, 9.17) is 11.6 Å². The summed E-state index contributed by atoms with van der Waals surface area (Å²) in [7, 11) is 2.73. The fourth-order valence-corrected chi connectivity index (χ4v) is 2.22. The number of anilines is 1. The smallest absolute Gasteiger partial charge is 0.413 e. The Morgan fingerprint density at radius 3 is 2.57 bits per heavy atom. The first-order valence-corrected chi connectivity index (χ1v) is 6.99. The molecule has 21 heavy (non-hydrogen) atoms. The number of hydrogen-bond donors (Lipinski definition) is 0. The van der Waals surface area contributed by atoms with Crippen molar-refractivity contribution in [3.05, 3.63) is 28.8 Å². The van der Waals surface area contributed by atoms with Gasteiger partial charge in [-0.3, -0.25) is 14.5 Å².